The van der Waals surface area contributed by atoms with Gasteiger partial charge in [-0.15, -0.1) is 0 Å². The first-order chi connectivity index (χ1) is 16.4. The van der Waals surface area contributed by atoms with Crippen LogP contribution in [0.4, 0.5) is 0 Å². The molecule has 0 atom stereocenters. The van der Waals surface area contributed by atoms with Crippen LogP contribution >= 0.6 is 23.2 Å². The van der Waals surface area contributed by atoms with Gasteiger partial charge in [0.25, 0.3) is 0 Å². The molecule has 0 aromatic heterocycles. The minimum Gasteiger partial charge on any atom is -0.490 e. The lowest BCUT2D eigenvalue weighted by molar-refractivity contribution is -0.133. The van der Waals surface area contributed by atoms with Gasteiger partial charge in [-0.2, -0.15) is 0 Å². The number of hydrogen-bond acceptors (Lipinski definition) is 6. The molecule has 0 amide bonds. The molecule has 0 saturated carbocycles. The number of halogens is 2. The van der Waals surface area contributed by atoms with Crippen LogP contribution in [0.2, 0.25) is 10.0 Å². The summed E-state index contributed by atoms with van der Waals surface area (Å²) in [5.74, 6) is -0.274. The molecule has 0 unspecified atom stereocenters. The summed E-state index contributed by atoms with van der Waals surface area (Å²) in [5.41, 5.74) is 2.02. The second-order valence-corrected chi connectivity index (χ2v) is 8.08. The molecule has 34 heavy (non-hydrogen) atoms. The topological polar surface area (TPSA) is 74.2 Å². The summed E-state index contributed by atoms with van der Waals surface area (Å²) in [4.78, 5) is 29.0. The summed E-state index contributed by atoms with van der Waals surface area (Å²) >= 11 is 12.1. The van der Waals surface area contributed by atoms with Crippen molar-refractivity contribution in [1.29, 1.82) is 0 Å². The van der Waals surface area contributed by atoms with E-state index in [-0.39, 0.29) is 23.8 Å². The fourth-order valence-electron chi connectivity index (χ4n) is 3.23. The monoisotopic (exact) mass is 495 g/mol. The number of benzene rings is 3. The largest absolute Gasteiger partial charge is 0.490 e. The Morgan fingerprint density at radius 3 is 2.56 bits per heavy atom. The van der Waals surface area contributed by atoms with E-state index in [0.717, 1.165) is 5.56 Å². The number of nitrogens with zero attached hydrogens (tertiary/aromatic N) is 1. The van der Waals surface area contributed by atoms with Crippen molar-refractivity contribution >= 4 is 47.1 Å². The Morgan fingerprint density at radius 2 is 1.82 bits per heavy atom. The number of ether oxygens (including phenoxy) is 3. The van der Waals surface area contributed by atoms with Crippen molar-refractivity contribution in [3.05, 3.63) is 99.2 Å². The first kappa shape index (κ1) is 23.5. The zero-order valence-corrected chi connectivity index (χ0v) is 19.6. The summed E-state index contributed by atoms with van der Waals surface area (Å²) in [6.45, 7) is 2.18. The molecule has 0 aliphatic carbocycles. The Hall–Kier alpha value is -3.61. The molecule has 0 N–H and O–H groups in total. The maximum atomic E-state index is 12.4. The van der Waals surface area contributed by atoms with Gasteiger partial charge >= 0.3 is 11.9 Å². The van der Waals surface area contributed by atoms with Crippen LogP contribution in [-0.2, 0) is 20.7 Å². The van der Waals surface area contributed by atoms with Crippen molar-refractivity contribution in [3.63, 3.8) is 0 Å². The molecular weight excluding hydrogens is 477 g/mol. The third-order valence-corrected chi connectivity index (χ3v) is 5.32. The summed E-state index contributed by atoms with van der Waals surface area (Å²) in [5, 5.41) is 0.781. The van der Waals surface area contributed by atoms with E-state index in [9.17, 15) is 9.59 Å². The predicted octanol–water partition coefficient (Wildman–Crippen LogP) is 5.88. The van der Waals surface area contributed by atoms with Crippen LogP contribution in [0.1, 0.15) is 23.6 Å². The van der Waals surface area contributed by atoms with E-state index in [2.05, 4.69) is 4.99 Å². The van der Waals surface area contributed by atoms with Gasteiger partial charge in [-0.1, -0.05) is 59.6 Å². The van der Waals surface area contributed by atoms with E-state index in [1.165, 1.54) is 0 Å². The van der Waals surface area contributed by atoms with Crippen LogP contribution in [0.15, 0.2) is 77.4 Å². The molecule has 1 heterocycles. The van der Waals surface area contributed by atoms with Crippen LogP contribution in [0.5, 0.6) is 11.5 Å². The molecule has 8 heteroatoms. The smallest absolute Gasteiger partial charge is 0.363 e. The molecule has 3 aromatic carbocycles. The fourth-order valence-corrected chi connectivity index (χ4v) is 3.72. The maximum absolute atomic E-state index is 12.4. The van der Waals surface area contributed by atoms with Gasteiger partial charge in [-0.25, -0.2) is 9.79 Å². The van der Waals surface area contributed by atoms with E-state index < -0.39 is 11.9 Å². The van der Waals surface area contributed by atoms with Crippen molar-refractivity contribution in [3.8, 4) is 11.5 Å². The van der Waals surface area contributed by atoms with E-state index >= 15 is 0 Å². The zero-order chi connectivity index (χ0) is 24.1. The Morgan fingerprint density at radius 1 is 1.03 bits per heavy atom. The normalized spacial score (nSPS) is 14.0. The van der Waals surface area contributed by atoms with Crippen molar-refractivity contribution in [2.75, 3.05) is 6.61 Å². The van der Waals surface area contributed by atoms with Gasteiger partial charge in [-0.3, -0.25) is 4.79 Å². The molecule has 0 saturated heterocycles. The minimum atomic E-state index is -0.614. The number of hydrogen-bond donors (Lipinski definition) is 0. The predicted molar refractivity (Wildman–Crippen MR) is 130 cm³/mol. The molecule has 6 nitrogen and oxygen atoms in total. The zero-order valence-electron chi connectivity index (χ0n) is 18.1. The molecular formula is C26H19Cl2NO5. The Kier molecular flexibility index (Phi) is 7.30. The van der Waals surface area contributed by atoms with Crippen LogP contribution in [0, 0.1) is 0 Å². The van der Waals surface area contributed by atoms with Crippen LogP contribution in [0.3, 0.4) is 0 Å². The highest BCUT2D eigenvalue weighted by atomic mass is 35.5. The highest BCUT2D eigenvalue weighted by Gasteiger charge is 2.26. The number of carbonyl (C=O) groups excluding carboxylic acids is 2. The number of rotatable bonds is 7. The number of aliphatic imine (C=N–C) groups is 1. The van der Waals surface area contributed by atoms with Gasteiger partial charge in [-0.05, 0) is 54.5 Å². The Bertz CT molecular complexity index is 1300. The maximum Gasteiger partial charge on any atom is 0.363 e. The third-order valence-electron chi connectivity index (χ3n) is 4.77. The van der Waals surface area contributed by atoms with Gasteiger partial charge in [0.15, 0.2) is 17.2 Å². The van der Waals surface area contributed by atoms with Crippen LogP contribution in [0.25, 0.3) is 6.08 Å². The van der Waals surface area contributed by atoms with E-state index in [1.54, 1.807) is 42.5 Å². The first-order valence-corrected chi connectivity index (χ1v) is 11.2. The summed E-state index contributed by atoms with van der Waals surface area (Å²) in [7, 11) is 0. The van der Waals surface area contributed by atoms with Crippen molar-refractivity contribution in [2.24, 2.45) is 4.99 Å². The Balaban J connectivity index is 1.56. The van der Waals surface area contributed by atoms with Crippen molar-refractivity contribution in [1.82, 2.24) is 0 Å². The minimum absolute atomic E-state index is 0.0920. The summed E-state index contributed by atoms with van der Waals surface area (Å²) < 4.78 is 16.4. The van der Waals surface area contributed by atoms with Crippen LogP contribution in [-0.4, -0.2) is 24.4 Å². The molecule has 0 radical (unpaired) electrons. The molecule has 4 rings (SSSR count). The van der Waals surface area contributed by atoms with E-state index in [4.69, 9.17) is 37.4 Å². The van der Waals surface area contributed by atoms with Crippen molar-refractivity contribution in [2.45, 2.75) is 13.3 Å². The summed E-state index contributed by atoms with van der Waals surface area (Å²) in [6.07, 6.45) is 1.69. The van der Waals surface area contributed by atoms with E-state index in [0.29, 0.717) is 33.5 Å². The number of carbonyl (C=O) groups is 2. The quantitative estimate of drug-likeness (QED) is 0.232. The molecule has 3 aromatic rings. The van der Waals surface area contributed by atoms with E-state index in [1.807, 2.05) is 37.3 Å². The average Bonchev–Trinajstić information content (AvgIpc) is 3.16. The highest BCUT2D eigenvalue weighted by molar-refractivity contribution is 6.37. The van der Waals surface area contributed by atoms with Gasteiger partial charge < -0.3 is 14.2 Å². The lowest BCUT2D eigenvalue weighted by Gasteiger charge is -2.11. The average molecular weight is 496 g/mol. The lowest BCUT2D eigenvalue weighted by Crippen LogP contribution is -2.12. The van der Waals surface area contributed by atoms with Gasteiger partial charge in [0.2, 0.25) is 5.90 Å². The van der Waals surface area contributed by atoms with Crippen molar-refractivity contribution < 1.29 is 23.8 Å². The lowest BCUT2D eigenvalue weighted by atomic mass is 10.1. The fraction of sp³-hybridized carbons (Fsp3) is 0.115. The van der Waals surface area contributed by atoms with Crippen LogP contribution < -0.4 is 9.47 Å². The number of cyclic esters (lactones) is 1. The molecule has 0 spiro atoms. The number of esters is 2. The molecule has 0 bridgehead atoms. The highest BCUT2D eigenvalue weighted by Crippen LogP contribution is 2.31. The second kappa shape index (κ2) is 10.5. The summed E-state index contributed by atoms with van der Waals surface area (Å²) in [6, 6.07) is 19.1. The first-order valence-electron chi connectivity index (χ1n) is 10.4. The Labute approximate surface area is 206 Å². The molecule has 1 aliphatic heterocycles. The molecule has 172 valence electrons. The molecule has 0 fully saturated rings. The third kappa shape index (κ3) is 5.65. The van der Waals surface area contributed by atoms with Gasteiger partial charge in [0, 0.05) is 5.02 Å². The molecule has 1 aliphatic rings. The van der Waals surface area contributed by atoms with Gasteiger partial charge in [0.05, 0.1) is 23.6 Å². The second-order valence-electron chi connectivity index (χ2n) is 7.24. The SMILES string of the molecule is CCOc1cc(/C=C2/N=C(c3ccc(Cl)cc3Cl)OC2=O)ccc1OC(=O)Cc1ccccc1. The van der Waals surface area contributed by atoms with Gasteiger partial charge in [0.1, 0.15) is 0 Å². The standard InChI is InChI=1S/C26H19Cl2NO5/c1-2-32-23-13-17(8-11-22(23)33-24(30)14-16-6-4-3-5-7-16)12-21-26(31)34-25(29-21)19-10-9-18(27)15-20(19)28/h3-13,15H,2,14H2,1H3/b21-12+.